The Morgan fingerprint density at radius 3 is 2.48 bits per heavy atom. The largest absolute Gasteiger partial charge is 0.384 e. The van der Waals surface area contributed by atoms with Crippen molar-refractivity contribution in [3.05, 3.63) is 24.0 Å². The Morgan fingerprint density at radius 2 is 1.87 bits per heavy atom. The van der Waals surface area contributed by atoms with Crippen LogP contribution >= 0.6 is 0 Å². The molecule has 23 heavy (non-hydrogen) atoms. The van der Waals surface area contributed by atoms with E-state index in [1.54, 1.807) is 29.0 Å². The number of rotatable bonds is 5. The zero-order valence-electron chi connectivity index (χ0n) is 14.1. The van der Waals surface area contributed by atoms with E-state index >= 15 is 0 Å². The molecule has 1 saturated heterocycles. The fourth-order valence-electron chi connectivity index (χ4n) is 2.47. The molecule has 1 aliphatic heterocycles. The van der Waals surface area contributed by atoms with Crippen molar-refractivity contribution in [3.8, 4) is 0 Å². The van der Waals surface area contributed by atoms with Crippen molar-refractivity contribution < 1.29 is 9.59 Å². The van der Waals surface area contributed by atoms with E-state index in [4.69, 9.17) is 0 Å². The number of hydrogen-bond donors (Lipinski definition) is 1. The Labute approximate surface area is 137 Å². The first kappa shape index (κ1) is 17.2. The van der Waals surface area contributed by atoms with Gasteiger partial charge in [-0.3, -0.25) is 14.6 Å². The Hall–Kier alpha value is -2.15. The van der Waals surface area contributed by atoms with Crippen LogP contribution in [-0.2, 0) is 4.79 Å². The zero-order chi connectivity index (χ0) is 16.8. The molecule has 0 bridgehead atoms. The second kappa shape index (κ2) is 7.92. The molecule has 7 heteroatoms. The van der Waals surface area contributed by atoms with E-state index < -0.39 is 0 Å². The smallest absolute Gasteiger partial charge is 0.272 e. The maximum absolute atomic E-state index is 12.5. The van der Waals surface area contributed by atoms with Gasteiger partial charge in [0.05, 0.1) is 0 Å². The third-order valence-electron chi connectivity index (χ3n) is 3.88. The summed E-state index contributed by atoms with van der Waals surface area (Å²) in [4.78, 5) is 33.7. The summed E-state index contributed by atoms with van der Waals surface area (Å²) in [6.45, 7) is 5.56. The van der Waals surface area contributed by atoms with E-state index in [0.717, 1.165) is 18.8 Å². The summed E-state index contributed by atoms with van der Waals surface area (Å²) in [5.74, 6) is -0.0215. The van der Waals surface area contributed by atoms with Gasteiger partial charge in [-0.05, 0) is 26.2 Å². The van der Waals surface area contributed by atoms with E-state index in [1.165, 1.54) is 0 Å². The quantitative estimate of drug-likeness (QED) is 0.849. The fraction of sp³-hybridized carbons (Fsp3) is 0.562. The number of aromatic nitrogens is 1. The molecule has 2 rings (SSSR count). The first-order valence-corrected chi connectivity index (χ1v) is 7.87. The SMILES string of the molecule is CC(=O)N1CCN(C(=O)c2cc(NCCN(C)C)ccn2)CC1. The van der Waals surface area contributed by atoms with Crippen molar-refractivity contribution in [2.45, 2.75) is 6.92 Å². The van der Waals surface area contributed by atoms with Crippen molar-refractivity contribution >= 4 is 17.5 Å². The molecule has 1 N–H and O–H groups in total. The Balaban J connectivity index is 1.93. The van der Waals surface area contributed by atoms with Crippen molar-refractivity contribution in [3.63, 3.8) is 0 Å². The van der Waals surface area contributed by atoms with Gasteiger partial charge in [0.2, 0.25) is 5.91 Å². The zero-order valence-corrected chi connectivity index (χ0v) is 14.1. The van der Waals surface area contributed by atoms with Crippen molar-refractivity contribution in [1.29, 1.82) is 0 Å². The first-order valence-electron chi connectivity index (χ1n) is 7.87. The molecule has 0 atom stereocenters. The Morgan fingerprint density at radius 1 is 1.22 bits per heavy atom. The van der Waals surface area contributed by atoms with Gasteiger partial charge in [0.25, 0.3) is 5.91 Å². The lowest BCUT2D eigenvalue weighted by molar-refractivity contribution is -0.130. The third-order valence-corrected chi connectivity index (χ3v) is 3.88. The summed E-state index contributed by atoms with van der Waals surface area (Å²) in [6.07, 6.45) is 1.65. The van der Waals surface area contributed by atoms with Crippen LogP contribution in [0.3, 0.4) is 0 Å². The van der Waals surface area contributed by atoms with Gasteiger partial charge in [-0.2, -0.15) is 0 Å². The molecule has 0 unspecified atom stereocenters. The molecule has 1 fully saturated rings. The summed E-state index contributed by atoms with van der Waals surface area (Å²) < 4.78 is 0. The van der Waals surface area contributed by atoms with Crippen LogP contribution in [0, 0.1) is 0 Å². The molecular formula is C16H25N5O2. The maximum atomic E-state index is 12.5. The second-order valence-corrected chi connectivity index (χ2v) is 5.96. The van der Waals surface area contributed by atoms with Crippen LogP contribution in [0.15, 0.2) is 18.3 Å². The topological polar surface area (TPSA) is 68.8 Å². The van der Waals surface area contributed by atoms with Crippen LogP contribution in [0.2, 0.25) is 0 Å². The lowest BCUT2D eigenvalue weighted by Gasteiger charge is -2.34. The standard InChI is InChI=1S/C16H25N5O2/c1-13(22)20-8-10-21(11-9-20)16(23)15-12-14(4-5-18-15)17-6-7-19(2)3/h4-5,12H,6-11H2,1-3H3,(H,17,18). The molecule has 1 aliphatic rings. The molecule has 0 radical (unpaired) electrons. The minimum Gasteiger partial charge on any atom is -0.384 e. The van der Waals surface area contributed by atoms with Gasteiger partial charge in [0.15, 0.2) is 0 Å². The molecule has 1 aromatic heterocycles. The van der Waals surface area contributed by atoms with Gasteiger partial charge in [0.1, 0.15) is 5.69 Å². The van der Waals surface area contributed by atoms with Crippen LogP contribution in [0.25, 0.3) is 0 Å². The molecule has 2 amide bonds. The van der Waals surface area contributed by atoms with E-state index in [9.17, 15) is 9.59 Å². The fourth-order valence-corrected chi connectivity index (χ4v) is 2.47. The minimum absolute atomic E-state index is 0.0577. The second-order valence-electron chi connectivity index (χ2n) is 5.96. The number of anilines is 1. The number of pyridine rings is 1. The van der Waals surface area contributed by atoms with E-state index in [1.807, 2.05) is 20.2 Å². The summed E-state index contributed by atoms with van der Waals surface area (Å²) in [5.41, 5.74) is 1.34. The molecule has 0 aliphatic carbocycles. The van der Waals surface area contributed by atoms with Crippen LogP contribution in [0.4, 0.5) is 5.69 Å². The van der Waals surface area contributed by atoms with E-state index in [2.05, 4.69) is 15.2 Å². The van der Waals surface area contributed by atoms with Crippen LogP contribution < -0.4 is 5.32 Å². The number of carbonyl (C=O) groups excluding carboxylic acids is 2. The Bertz CT molecular complexity index is 553. The number of piperazine rings is 1. The highest BCUT2D eigenvalue weighted by atomic mass is 16.2. The van der Waals surface area contributed by atoms with Crippen molar-refractivity contribution in [2.75, 3.05) is 58.7 Å². The molecular weight excluding hydrogens is 294 g/mol. The maximum Gasteiger partial charge on any atom is 0.272 e. The summed E-state index contributed by atoms with van der Waals surface area (Å²) in [7, 11) is 4.04. The van der Waals surface area contributed by atoms with Gasteiger partial charge in [-0.1, -0.05) is 0 Å². The third kappa shape index (κ3) is 4.92. The number of likely N-dealkylation sites (N-methyl/N-ethyl adjacent to an activating group) is 1. The average Bonchev–Trinajstić information content (AvgIpc) is 2.54. The van der Waals surface area contributed by atoms with Crippen molar-refractivity contribution in [1.82, 2.24) is 19.7 Å². The summed E-state index contributed by atoms with van der Waals surface area (Å²) in [5, 5.41) is 3.29. The number of nitrogens with zero attached hydrogens (tertiary/aromatic N) is 4. The molecule has 126 valence electrons. The van der Waals surface area contributed by atoms with Gasteiger partial charge in [-0.15, -0.1) is 0 Å². The lowest BCUT2D eigenvalue weighted by atomic mass is 10.2. The van der Waals surface area contributed by atoms with Crippen LogP contribution in [0.1, 0.15) is 17.4 Å². The highest BCUT2D eigenvalue weighted by Crippen LogP contribution is 2.12. The normalized spacial score (nSPS) is 15.0. The highest BCUT2D eigenvalue weighted by molar-refractivity contribution is 5.93. The first-order chi connectivity index (χ1) is 11.0. The Kier molecular flexibility index (Phi) is 5.92. The van der Waals surface area contributed by atoms with E-state index in [-0.39, 0.29) is 11.8 Å². The van der Waals surface area contributed by atoms with Crippen LogP contribution in [0.5, 0.6) is 0 Å². The monoisotopic (exact) mass is 319 g/mol. The van der Waals surface area contributed by atoms with Gasteiger partial charge in [0, 0.05) is 58.1 Å². The molecule has 2 heterocycles. The number of amides is 2. The highest BCUT2D eigenvalue weighted by Gasteiger charge is 2.24. The van der Waals surface area contributed by atoms with Gasteiger partial charge in [-0.25, -0.2) is 0 Å². The molecule has 0 spiro atoms. The predicted molar refractivity (Wildman–Crippen MR) is 89.4 cm³/mol. The van der Waals surface area contributed by atoms with Crippen LogP contribution in [-0.4, -0.2) is 84.9 Å². The minimum atomic E-state index is -0.0792. The summed E-state index contributed by atoms with van der Waals surface area (Å²) >= 11 is 0. The molecule has 0 aromatic carbocycles. The number of hydrogen-bond acceptors (Lipinski definition) is 5. The predicted octanol–water partition coefficient (Wildman–Crippen LogP) is 0.359. The molecule has 0 saturated carbocycles. The average molecular weight is 319 g/mol. The molecule has 7 nitrogen and oxygen atoms in total. The van der Waals surface area contributed by atoms with Gasteiger partial charge >= 0.3 is 0 Å². The van der Waals surface area contributed by atoms with Gasteiger partial charge < -0.3 is 20.0 Å². The lowest BCUT2D eigenvalue weighted by Crippen LogP contribution is -2.50. The number of carbonyl (C=O) groups is 2. The summed E-state index contributed by atoms with van der Waals surface area (Å²) in [6, 6.07) is 3.65. The number of nitrogens with one attached hydrogen (secondary N) is 1. The molecule has 1 aromatic rings. The van der Waals surface area contributed by atoms with Crippen molar-refractivity contribution in [2.24, 2.45) is 0 Å². The van der Waals surface area contributed by atoms with E-state index in [0.29, 0.717) is 31.9 Å².